The summed E-state index contributed by atoms with van der Waals surface area (Å²) in [6.07, 6.45) is -0.495. The fourth-order valence-corrected chi connectivity index (χ4v) is 3.56. The van der Waals surface area contributed by atoms with Gasteiger partial charge in [0.1, 0.15) is 0 Å². The largest absolute Gasteiger partial charge is 0.391 e. The first-order chi connectivity index (χ1) is 10.8. The van der Waals surface area contributed by atoms with E-state index in [9.17, 15) is 18.3 Å². The summed E-state index contributed by atoms with van der Waals surface area (Å²) >= 11 is 5.74. The molecule has 9 heteroatoms. The summed E-state index contributed by atoms with van der Waals surface area (Å²) in [6, 6.07) is 5.76. The van der Waals surface area contributed by atoms with E-state index in [1.807, 2.05) is 0 Å². The van der Waals surface area contributed by atoms with Crippen LogP contribution in [0.2, 0.25) is 5.02 Å². The molecule has 3 N–H and O–H groups in total. The lowest BCUT2D eigenvalue weighted by Gasteiger charge is -2.18. The van der Waals surface area contributed by atoms with Crippen molar-refractivity contribution in [2.75, 3.05) is 33.2 Å². The summed E-state index contributed by atoms with van der Waals surface area (Å²) in [4.78, 5) is 12.0. The van der Waals surface area contributed by atoms with Gasteiger partial charge in [-0.05, 0) is 24.3 Å². The van der Waals surface area contributed by atoms with E-state index >= 15 is 0 Å². The SMILES string of the molecule is CN(CC(=O)NCC1CNCC1O)S(=O)(=O)c1ccc(Cl)cc1. The van der Waals surface area contributed by atoms with Crippen LogP contribution in [0.5, 0.6) is 0 Å². The highest BCUT2D eigenvalue weighted by Crippen LogP contribution is 2.17. The molecule has 0 spiro atoms. The third kappa shape index (κ3) is 4.65. The van der Waals surface area contributed by atoms with Crippen LogP contribution >= 0.6 is 11.6 Å². The maximum atomic E-state index is 12.3. The van der Waals surface area contributed by atoms with Crippen LogP contribution in [0.3, 0.4) is 0 Å². The van der Waals surface area contributed by atoms with E-state index in [0.29, 0.717) is 24.7 Å². The quantitative estimate of drug-likeness (QED) is 0.643. The van der Waals surface area contributed by atoms with Crippen molar-refractivity contribution >= 4 is 27.5 Å². The average molecular weight is 362 g/mol. The number of carbonyl (C=O) groups is 1. The van der Waals surface area contributed by atoms with Crippen molar-refractivity contribution in [3.63, 3.8) is 0 Å². The Morgan fingerprint density at radius 2 is 2.04 bits per heavy atom. The molecule has 1 heterocycles. The fraction of sp³-hybridized carbons (Fsp3) is 0.500. The summed E-state index contributed by atoms with van der Waals surface area (Å²) in [5, 5.41) is 15.8. The standard InChI is InChI=1S/C14H20ClN3O4S/c1-18(23(21,22)12-4-2-11(15)3-5-12)9-14(20)17-7-10-6-16-8-13(10)19/h2-5,10,13,16,19H,6-9H2,1H3,(H,17,20). The van der Waals surface area contributed by atoms with Gasteiger partial charge in [-0.1, -0.05) is 11.6 Å². The van der Waals surface area contributed by atoms with E-state index in [0.717, 1.165) is 4.31 Å². The van der Waals surface area contributed by atoms with Crippen molar-refractivity contribution in [1.82, 2.24) is 14.9 Å². The minimum atomic E-state index is -3.75. The fourth-order valence-electron chi connectivity index (χ4n) is 2.30. The molecule has 0 saturated carbocycles. The highest BCUT2D eigenvalue weighted by atomic mass is 35.5. The third-order valence-corrected chi connectivity index (χ3v) is 5.82. The number of nitrogens with one attached hydrogen (secondary N) is 2. The Hall–Kier alpha value is -1.19. The van der Waals surface area contributed by atoms with Crippen LogP contribution in [-0.2, 0) is 14.8 Å². The molecule has 128 valence electrons. The summed E-state index contributed by atoms with van der Waals surface area (Å²) in [7, 11) is -2.40. The van der Waals surface area contributed by atoms with Crippen LogP contribution in [-0.4, -0.2) is 63.1 Å². The molecule has 0 aliphatic carbocycles. The number of β-amino-alcohol motifs (C(OH)–C–C–N with tert-alkyl or cyclic N) is 1. The minimum absolute atomic E-state index is 0.0582. The molecule has 0 aromatic heterocycles. The van der Waals surface area contributed by atoms with Crippen LogP contribution < -0.4 is 10.6 Å². The number of nitrogens with zero attached hydrogens (tertiary/aromatic N) is 1. The van der Waals surface area contributed by atoms with Gasteiger partial charge in [0.05, 0.1) is 17.5 Å². The molecule has 2 unspecified atom stereocenters. The molecule has 2 rings (SSSR count). The predicted molar refractivity (Wildman–Crippen MR) is 86.6 cm³/mol. The molecule has 7 nitrogen and oxygen atoms in total. The van der Waals surface area contributed by atoms with E-state index < -0.39 is 22.0 Å². The molecule has 0 radical (unpaired) electrons. The number of aliphatic hydroxyl groups is 1. The van der Waals surface area contributed by atoms with E-state index in [1.54, 1.807) is 0 Å². The van der Waals surface area contributed by atoms with Gasteiger partial charge in [-0.2, -0.15) is 4.31 Å². The number of benzene rings is 1. The topological polar surface area (TPSA) is 98.7 Å². The van der Waals surface area contributed by atoms with Crippen LogP contribution in [0, 0.1) is 5.92 Å². The zero-order valence-corrected chi connectivity index (χ0v) is 14.3. The zero-order valence-electron chi connectivity index (χ0n) is 12.7. The first-order valence-corrected chi connectivity index (χ1v) is 9.00. The van der Waals surface area contributed by atoms with E-state index in [4.69, 9.17) is 11.6 Å². The van der Waals surface area contributed by atoms with Crippen LogP contribution in [0.4, 0.5) is 0 Å². The summed E-state index contributed by atoms with van der Waals surface area (Å²) < 4.78 is 25.7. The number of likely N-dealkylation sites (N-methyl/N-ethyl adjacent to an activating group) is 1. The second-order valence-corrected chi connectivity index (χ2v) is 7.99. The van der Waals surface area contributed by atoms with Gasteiger partial charge in [0, 0.05) is 37.6 Å². The molecule has 1 amide bonds. The lowest BCUT2D eigenvalue weighted by Crippen LogP contribution is -2.41. The smallest absolute Gasteiger partial charge is 0.243 e. The number of halogens is 1. The number of amides is 1. The van der Waals surface area contributed by atoms with Crippen molar-refractivity contribution in [3.8, 4) is 0 Å². The molecule has 23 heavy (non-hydrogen) atoms. The van der Waals surface area contributed by atoms with Crippen LogP contribution in [0.15, 0.2) is 29.2 Å². The van der Waals surface area contributed by atoms with Gasteiger partial charge in [-0.15, -0.1) is 0 Å². The second-order valence-electron chi connectivity index (χ2n) is 5.50. The average Bonchev–Trinajstić information content (AvgIpc) is 2.91. The number of carbonyl (C=O) groups excluding carboxylic acids is 1. The van der Waals surface area contributed by atoms with Crippen molar-refractivity contribution in [2.24, 2.45) is 5.92 Å². The normalized spacial score (nSPS) is 21.6. The maximum absolute atomic E-state index is 12.3. The lowest BCUT2D eigenvalue weighted by atomic mass is 10.1. The number of hydrogen-bond donors (Lipinski definition) is 3. The third-order valence-electron chi connectivity index (χ3n) is 3.75. The molecular weight excluding hydrogens is 342 g/mol. The van der Waals surface area contributed by atoms with Crippen LogP contribution in [0.25, 0.3) is 0 Å². The Balaban J connectivity index is 1.90. The molecule has 1 saturated heterocycles. The van der Waals surface area contributed by atoms with Gasteiger partial charge in [0.15, 0.2) is 0 Å². The number of rotatable bonds is 6. The Morgan fingerprint density at radius 1 is 1.39 bits per heavy atom. The summed E-state index contributed by atoms with van der Waals surface area (Å²) in [5.74, 6) is -0.471. The van der Waals surface area contributed by atoms with E-state index in [1.165, 1.54) is 31.3 Å². The maximum Gasteiger partial charge on any atom is 0.243 e. The first-order valence-electron chi connectivity index (χ1n) is 7.18. The van der Waals surface area contributed by atoms with Gasteiger partial charge in [-0.3, -0.25) is 4.79 Å². The highest BCUT2D eigenvalue weighted by Gasteiger charge is 2.26. The Labute approximate surface area is 140 Å². The lowest BCUT2D eigenvalue weighted by molar-refractivity contribution is -0.121. The van der Waals surface area contributed by atoms with Crippen molar-refractivity contribution in [2.45, 2.75) is 11.0 Å². The zero-order chi connectivity index (χ0) is 17.0. The molecule has 1 aromatic carbocycles. The van der Waals surface area contributed by atoms with Crippen molar-refractivity contribution < 1.29 is 18.3 Å². The van der Waals surface area contributed by atoms with Gasteiger partial charge >= 0.3 is 0 Å². The predicted octanol–water partition coefficient (Wildman–Crippen LogP) is -0.343. The van der Waals surface area contributed by atoms with Crippen molar-refractivity contribution in [1.29, 1.82) is 0 Å². The van der Waals surface area contributed by atoms with Crippen molar-refractivity contribution in [3.05, 3.63) is 29.3 Å². The van der Waals surface area contributed by atoms with E-state index in [-0.39, 0.29) is 17.4 Å². The number of hydrogen-bond acceptors (Lipinski definition) is 5. The second kappa shape index (κ2) is 7.59. The Bertz CT molecular complexity index is 650. The molecule has 0 bridgehead atoms. The molecule has 1 aliphatic heterocycles. The molecule has 1 fully saturated rings. The Kier molecular flexibility index (Phi) is 5.99. The molecule has 1 aromatic rings. The minimum Gasteiger partial charge on any atom is -0.391 e. The number of sulfonamides is 1. The van der Waals surface area contributed by atoms with Crippen LogP contribution in [0.1, 0.15) is 0 Å². The summed E-state index contributed by atoms with van der Waals surface area (Å²) in [6.45, 7) is 1.15. The molecule has 1 aliphatic rings. The summed E-state index contributed by atoms with van der Waals surface area (Å²) in [5.41, 5.74) is 0. The van der Waals surface area contributed by atoms with Gasteiger partial charge in [-0.25, -0.2) is 8.42 Å². The molecule has 2 atom stereocenters. The van der Waals surface area contributed by atoms with Gasteiger partial charge in [0.2, 0.25) is 15.9 Å². The first kappa shape index (κ1) is 18.2. The van der Waals surface area contributed by atoms with E-state index in [2.05, 4.69) is 10.6 Å². The monoisotopic (exact) mass is 361 g/mol. The number of aliphatic hydroxyl groups excluding tert-OH is 1. The van der Waals surface area contributed by atoms with Gasteiger partial charge in [0.25, 0.3) is 0 Å². The Morgan fingerprint density at radius 3 is 2.61 bits per heavy atom. The van der Waals surface area contributed by atoms with Gasteiger partial charge < -0.3 is 15.7 Å². The highest BCUT2D eigenvalue weighted by molar-refractivity contribution is 7.89. The molecular formula is C14H20ClN3O4S.